The van der Waals surface area contributed by atoms with Crippen molar-refractivity contribution in [3.8, 4) is 5.75 Å². The highest BCUT2D eigenvalue weighted by atomic mass is 16.7. The maximum absolute atomic E-state index is 13.6. The van der Waals surface area contributed by atoms with Crippen LogP contribution in [0.4, 0.5) is 0 Å². The lowest BCUT2D eigenvalue weighted by molar-refractivity contribution is -0.621. The fourth-order valence-electron chi connectivity index (χ4n) is 4.66. The monoisotopic (exact) mass is 494 g/mol. The number of hydrogen-bond donors (Lipinski definition) is 1. The van der Waals surface area contributed by atoms with E-state index in [2.05, 4.69) is 0 Å². The van der Waals surface area contributed by atoms with Crippen molar-refractivity contribution >= 4 is 11.9 Å². The highest BCUT2D eigenvalue weighted by Crippen LogP contribution is 2.39. The number of ether oxygens (including phenoxy) is 3. The Morgan fingerprint density at radius 3 is 2.33 bits per heavy atom. The molecule has 9 nitrogen and oxygen atoms in total. The van der Waals surface area contributed by atoms with E-state index in [1.54, 1.807) is 25.1 Å². The number of imidazole rings is 1. The molecule has 0 amide bonds. The first-order valence-electron chi connectivity index (χ1n) is 11.6. The van der Waals surface area contributed by atoms with E-state index in [0.717, 1.165) is 10.3 Å². The Morgan fingerprint density at radius 2 is 1.75 bits per heavy atom. The average molecular weight is 495 g/mol. The van der Waals surface area contributed by atoms with Crippen molar-refractivity contribution in [1.29, 1.82) is 0 Å². The Bertz CT molecular complexity index is 1280. The van der Waals surface area contributed by atoms with Crippen molar-refractivity contribution in [2.24, 2.45) is 5.92 Å². The lowest BCUT2D eigenvalue weighted by atomic mass is 9.83. The molecule has 1 N–H and O–H groups in total. The predicted molar refractivity (Wildman–Crippen MR) is 129 cm³/mol. The Balaban J connectivity index is 1.96. The third-order valence-electron chi connectivity index (χ3n) is 6.55. The molecular formula is C27H30N2O7. The summed E-state index contributed by atoms with van der Waals surface area (Å²) in [7, 11) is 1.48. The molecule has 36 heavy (non-hydrogen) atoms. The molecule has 2 aromatic carbocycles. The molecule has 0 spiro atoms. The zero-order valence-electron chi connectivity index (χ0n) is 21.0. The van der Waals surface area contributed by atoms with E-state index in [4.69, 9.17) is 14.2 Å². The van der Waals surface area contributed by atoms with E-state index in [-0.39, 0.29) is 12.4 Å². The number of benzene rings is 2. The van der Waals surface area contributed by atoms with Gasteiger partial charge in [0.05, 0.1) is 13.7 Å². The Hall–Kier alpha value is -3.85. The van der Waals surface area contributed by atoms with Gasteiger partial charge in [-0.1, -0.05) is 36.4 Å². The fraction of sp³-hybridized carbons (Fsp3) is 0.370. The molecule has 1 fully saturated rings. The third-order valence-corrected chi connectivity index (χ3v) is 6.55. The van der Waals surface area contributed by atoms with Crippen LogP contribution in [0.5, 0.6) is 5.75 Å². The van der Waals surface area contributed by atoms with Gasteiger partial charge >= 0.3 is 11.9 Å². The zero-order valence-corrected chi connectivity index (χ0v) is 21.0. The summed E-state index contributed by atoms with van der Waals surface area (Å²) < 4.78 is 18.8. The smallest absolute Gasteiger partial charge is 0.324 e. The predicted octanol–water partition coefficient (Wildman–Crippen LogP) is 2.87. The molecule has 1 saturated heterocycles. The molecule has 1 aromatic heterocycles. The standard InChI is InChI=1S/C27H30N2O7/c1-16-17(2)29(33)24(28(16)14-18-9-7-6-8-10-18)22(19-11-12-21(34-5)20(13-19)15-30)23-25(31)35-27(3,4)36-26(23)32/h6-13,22-23,30H,14-15H2,1-5H3/t22-/m0/s1. The maximum atomic E-state index is 13.6. The van der Waals surface area contributed by atoms with Gasteiger partial charge in [-0.25, -0.2) is 9.30 Å². The lowest BCUT2D eigenvalue weighted by Gasteiger charge is -2.35. The summed E-state index contributed by atoms with van der Waals surface area (Å²) in [5, 5.41) is 23.5. The van der Waals surface area contributed by atoms with Gasteiger partial charge in [0.15, 0.2) is 5.92 Å². The quantitative estimate of drug-likeness (QED) is 0.233. The number of nitrogens with zero attached hydrogens (tertiary/aromatic N) is 2. The molecule has 9 heteroatoms. The minimum atomic E-state index is -1.43. The first-order chi connectivity index (χ1) is 17.1. The molecule has 0 aliphatic carbocycles. The van der Waals surface area contributed by atoms with E-state index in [1.807, 2.05) is 41.8 Å². The SMILES string of the molecule is COc1ccc([C@H](c2n(Cc3ccccc3)c(C)c(C)[n+]2[O-])C2C(=O)OC(C)(C)OC2=O)cc1CO. The number of cyclic esters (lactones) is 2. The number of aliphatic hydroxyl groups excluding tert-OH is 1. The molecule has 0 radical (unpaired) electrons. The topological polar surface area (TPSA) is 114 Å². The summed E-state index contributed by atoms with van der Waals surface area (Å²) in [6, 6.07) is 14.5. The molecule has 0 saturated carbocycles. The van der Waals surface area contributed by atoms with Crippen LogP contribution in [0.1, 0.15) is 53.7 Å². The van der Waals surface area contributed by atoms with Crippen molar-refractivity contribution in [3.63, 3.8) is 0 Å². The Morgan fingerprint density at radius 1 is 1.11 bits per heavy atom. The molecule has 1 aliphatic rings. The van der Waals surface area contributed by atoms with Crippen LogP contribution in [0.3, 0.4) is 0 Å². The summed E-state index contributed by atoms with van der Waals surface area (Å²) in [6.45, 7) is 6.48. The minimum Gasteiger partial charge on any atom is -0.711 e. The maximum Gasteiger partial charge on any atom is 0.324 e. The van der Waals surface area contributed by atoms with Gasteiger partial charge in [-0.05, 0) is 23.3 Å². The van der Waals surface area contributed by atoms with Crippen molar-refractivity contribution in [2.45, 2.75) is 52.6 Å². The van der Waals surface area contributed by atoms with E-state index < -0.39 is 29.6 Å². The third kappa shape index (κ3) is 4.54. The first kappa shape index (κ1) is 25.2. The number of carbonyl (C=O) groups excluding carboxylic acids is 2. The minimum absolute atomic E-state index is 0.196. The van der Waals surface area contributed by atoms with E-state index >= 15 is 0 Å². The number of esters is 2. The molecule has 0 unspecified atom stereocenters. The van der Waals surface area contributed by atoms with Crippen LogP contribution in [-0.2, 0) is 32.2 Å². The number of aromatic nitrogens is 2. The van der Waals surface area contributed by atoms with Gasteiger partial charge in [-0.2, -0.15) is 0 Å². The summed E-state index contributed by atoms with van der Waals surface area (Å²) in [5.41, 5.74) is 3.00. The van der Waals surface area contributed by atoms with Crippen LogP contribution in [0.15, 0.2) is 48.5 Å². The first-order valence-corrected chi connectivity index (χ1v) is 11.6. The molecule has 1 atom stereocenters. The lowest BCUT2D eigenvalue weighted by Crippen LogP contribution is -2.50. The van der Waals surface area contributed by atoms with E-state index in [9.17, 15) is 19.9 Å². The van der Waals surface area contributed by atoms with E-state index in [0.29, 0.717) is 34.8 Å². The number of carbonyl (C=O) groups is 2. The van der Waals surface area contributed by atoms with Gasteiger partial charge in [0.25, 0.3) is 11.6 Å². The van der Waals surface area contributed by atoms with Crippen LogP contribution >= 0.6 is 0 Å². The van der Waals surface area contributed by atoms with Gasteiger partial charge in [0.2, 0.25) is 0 Å². The normalized spacial score (nSPS) is 16.4. The van der Waals surface area contributed by atoms with Crippen LogP contribution in [0.2, 0.25) is 0 Å². The molecule has 190 valence electrons. The number of methoxy groups -OCH3 is 1. The summed E-state index contributed by atoms with van der Waals surface area (Å²) in [6.07, 6.45) is 0. The second kappa shape index (κ2) is 9.66. The second-order valence-corrected chi connectivity index (χ2v) is 9.32. The molecule has 2 heterocycles. The van der Waals surface area contributed by atoms with Gasteiger partial charge in [-0.15, -0.1) is 0 Å². The van der Waals surface area contributed by atoms with Gasteiger partial charge in [-0.3, -0.25) is 9.59 Å². The van der Waals surface area contributed by atoms with Crippen molar-refractivity contribution in [1.82, 2.24) is 4.57 Å². The molecule has 3 aromatic rings. The summed E-state index contributed by atoms with van der Waals surface area (Å²) >= 11 is 0. The molecule has 4 rings (SSSR count). The van der Waals surface area contributed by atoms with E-state index in [1.165, 1.54) is 21.0 Å². The number of hydrogen-bond acceptors (Lipinski definition) is 7. The fourth-order valence-corrected chi connectivity index (χ4v) is 4.66. The van der Waals surface area contributed by atoms with Crippen molar-refractivity contribution in [2.75, 3.05) is 7.11 Å². The Labute approximate surface area is 209 Å². The average Bonchev–Trinajstić information content (AvgIpc) is 3.04. The Kier molecular flexibility index (Phi) is 6.77. The van der Waals surface area contributed by atoms with Crippen LogP contribution < -0.4 is 9.47 Å². The number of aliphatic hydroxyl groups is 1. The summed E-state index contributed by atoms with van der Waals surface area (Å²) in [4.78, 5) is 26.5. The largest absolute Gasteiger partial charge is 0.711 e. The second-order valence-electron chi connectivity index (χ2n) is 9.32. The van der Waals surface area contributed by atoms with Crippen molar-refractivity contribution in [3.05, 3.63) is 87.6 Å². The van der Waals surface area contributed by atoms with Crippen LogP contribution in [0.25, 0.3) is 0 Å². The van der Waals surface area contributed by atoms with Crippen LogP contribution in [-0.4, -0.2) is 34.5 Å². The van der Waals surface area contributed by atoms with Gasteiger partial charge in [0.1, 0.15) is 29.6 Å². The van der Waals surface area contributed by atoms with Crippen molar-refractivity contribution < 1.29 is 33.6 Å². The zero-order chi connectivity index (χ0) is 26.2. The molecule has 0 bridgehead atoms. The number of rotatable bonds is 7. The van der Waals surface area contributed by atoms with Gasteiger partial charge < -0.3 is 24.5 Å². The van der Waals surface area contributed by atoms with Gasteiger partial charge in [0, 0.05) is 33.3 Å². The molecule has 1 aliphatic heterocycles. The summed E-state index contributed by atoms with van der Waals surface area (Å²) in [5.74, 6) is -4.84. The highest BCUT2D eigenvalue weighted by Gasteiger charge is 2.52. The van der Waals surface area contributed by atoms with Crippen LogP contribution in [0, 0.1) is 25.0 Å². The highest BCUT2D eigenvalue weighted by molar-refractivity contribution is 5.98. The molecular weight excluding hydrogens is 464 g/mol.